The molecule has 108 valence electrons. The number of esters is 1. The second-order valence-electron chi connectivity index (χ2n) is 5.83. The minimum atomic E-state index is -0.420. The molecular formula is C15H26N2O2. The van der Waals surface area contributed by atoms with E-state index in [0.29, 0.717) is 6.54 Å². The van der Waals surface area contributed by atoms with Crippen LogP contribution in [-0.4, -0.2) is 22.7 Å². The fraction of sp³-hybridized carbons (Fsp3) is 0.667. The molecule has 1 rings (SSSR count). The van der Waals surface area contributed by atoms with E-state index in [0.717, 1.165) is 6.54 Å². The Labute approximate surface area is 116 Å². The van der Waals surface area contributed by atoms with Crippen molar-refractivity contribution < 1.29 is 9.53 Å². The molecule has 0 aliphatic carbocycles. The van der Waals surface area contributed by atoms with Crippen LogP contribution in [0.25, 0.3) is 0 Å². The summed E-state index contributed by atoms with van der Waals surface area (Å²) >= 11 is 0. The maximum atomic E-state index is 11.6. The van der Waals surface area contributed by atoms with Crippen LogP contribution in [0.2, 0.25) is 0 Å². The fourth-order valence-electron chi connectivity index (χ4n) is 2.21. The minimum absolute atomic E-state index is 0.211. The molecule has 0 aliphatic heterocycles. The van der Waals surface area contributed by atoms with Gasteiger partial charge in [0.2, 0.25) is 0 Å². The maximum absolute atomic E-state index is 11.6. The molecule has 0 aromatic carbocycles. The summed E-state index contributed by atoms with van der Waals surface area (Å²) in [5.41, 5.74) is 3.34. The zero-order chi connectivity index (χ0) is 14.6. The van der Waals surface area contributed by atoms with Crippen LogP contribution in [0, 0.1) is 13.8 Å². The molecule has 0 aliphatic rings. The van der Waals surface area contributed by atoms with Crippen LogP contribution >= 0.6 is 0 Å². The van der Waals surface area contributed by atoms with Crippen molar-refractivity contribution in [1.29, 1.82) is 0 Å². The molecule has 1 heterocycles. The van der Waals surface area contributed by atoms with Gasteiger partial charge in [0.25, 0.3) is 0 Å². The van der Waals surface area contributed by atoms with Gasteiger partial charge in [0, 0.05) is 24.5 Å². The molecule has 1 N–H and O–H groups in total. The Hall–Kier alpha value is -1.29. The van der Waals surface area contributed by atoms with Crippen molar-refractivity contribution >= 4 is 5.97 Å². The lowest BCUT2D eigenvalue weighted by atomic mass is 10.2. The molecular weight excluding hydrogens is 240 g/mol. The van der Waals surface area contributed by atoms with Gasteiger partial charge in [-0.3, -0.25) is 4.79 Å². The maximum Gasteiger partial charge on any atom is 0.320 e. The SMILES string of the molecule is CCn1c(C)cc(CNCC(=O)OC(C)(C)C)c1C. The van der Waals surface area contributed by atoms with Gasteiger partial charge in [0.15, 0.2) is 0 Å². The molecule has 4 nitrogen and oxygen atoms in total. The van der Waals surface area contributed by atoms with Gasteiger partial charge in [0.1, 0.15) is 5.60 Å². The van der Waals surface area contributed by atoms with E-state index >= 15 is 0 Å². The molecule has 0 saturated heterocycles. The third kappa shape index (κ3) is 4.71. The third-order valence-electron chi connectivity index (χ3n) is 3.00. The number of rotatable bonds is 5. The second-order valence-corrected chi connectivity index (χ2v) is 5.83. The Morgan fingerprint density at radius 2 is 2.00 bits per heavy atom. The first kappa shape index (κ1) is 15.8. The first-order chi connectivity index (χ1) is 8.74. The number of hydrogen-bond acceptors (Lipinski definition) is 3. The van der Waals surface area contributed by atoms with E-state index in [1.54, 1.807) is 0 Å². The molecule has 0 fully saturated rings. The lowest BCUT2D eigenvalue weighted by Crippen LogP contribution is -2.31. The van der Waals surface area contributed by atoms with E-state index in [2.05, 4.69) is 36.7 Å². The van der Waals surface area contributed by atoms with Gasteiger partial charge in [-0.05, 0) is 53.2 Å². The number of carbonyl (C=O) groups is 1. The molecule has 19 heavy (non-hydrogen) atoms. The Bertz CT molecular complexity index is 442. The highest BCUT2D eigenvalue weighted by Crippen LogP contribution is 2.14. The Morgan fingerprint density at radius 3 is 2.47 bits per heavy atom. The summed E-state index contributed by atoms with van der Waals surface area (Å²) in [6, 6.07) is 2.17. The van der Waals surface area contributed by atoms with Gasteiger partial charge in [-0.25, -0.2) is 0 Å². The van der Waals surface area contributed by atoms with Gasteiger partial charge >= 0.3 is 5.97 Å². The van der Waals surface area contributed by atoms with Crippen LogP contribution in [0.15, 0.2) is 6.07 Å². The number of nitrogens with one attached hydrogen (secondary N) is 1. The van der Waals surface area contributed by atoms with Crippen molar-refractivity contribution in [2.24, 2.45) is 0 Å². The summed E-state index contributed by atoms with van der Waals surface area (Å²) < 4.78 is 7.52. The van der Waals surface area contributed by atoms with Crippen LogP contribution in [0.4, 0.5) is 0 Å². The first-order valence-corrected chi connectivity index (χ1v) is 6.82. The summed E-state index contributed by atoms with van der Waals surface area (Å²) in [6.07, 6.45) is 0. The van der Waals surface area contributed by atoms with Gasteiger partial charge in [-0.2, -0.15) is 0 Å². The summed E-state index contributed by atoms with van der Waals surface area (Å²) in [4.78, 5) is 11.6. The van der Waals surface area contributed by atoms with Gasteiger partial charge in [-0.15, -0.1) is 0 Å². The molecule has 4 heteroatoms. The largest absolute Gasteiger partial charge is 0.459 e. The summed E-state index contributed by atoms with van der Waals surface area (Å²) in [5.74, 6) is -0.211. The normalized spacial score (nSPS) is 11.7. The molecule has 1 aromatic heterocycles. The van der Waals surface area contributed by atoms with Crippen LogP contribution in [0.1, 0.15) is 44.6 Å². The van der Waals surface area contributed by atoms with E-state index in [1.165, 1.54) is 17.0 Å². The number of aryl methyl sites for hydroxylation is 1. The van der Waals surface area contributed by atoms with Gasteiger partial charge in [-0.1, -0.05) is 0 Å². The first-order valence-electron chi connectivity index (χ1n) is 6.82. The Morgan fingerprint density at radius 1 is 1.37 bits per heavy atom. The van der Waals surface area contributed by atoms with E-state index in [9.17, 15) is 4.79 Å². The van der Waals surface area contributed by atoms with E-state index in [1.807, 2.05) is 20.8 Å². The highest BCUT2D eigenvalue weighted by Gasteiger charge is 2.16. The van der Waals surface area contributed by atoms with Crippen LogP contribution in [0.3, 0.4) is 0 Å². The predicted molar refractivity (Wildman–Crippen MR) is 77.1 cm³/mol. The number of carbonyl (C=O) groups excluding carboxylic acids is 1. The number of hydrogen-bond donors (Lipinski definition) is 1. The molecule has 0 unspecified atom stereocenters. The number of aromatic nitrogens is 1. The van der Waals surface area contributed by atoms with Crippen molar-refractivity contribution in [3.05, 3.63) is 23.0 Å². The third-order valence-corrected chi connectivity index (χ3v) is 3.00. The minimum Gasteiger partial charge on any atom is -0.459 e. The fourth-order valence-corrected chi connectivity index (χ4v) is 2.21. The summed E-state index contributed by atoms with van der Waals surface area (Å²) in [6.45, 7) is 13.9. The molecule has 0 spiro atoms. The lowest BCUT2D eigenvalue weighted by Gasteiger charge is -2.19. The molecule has 0 radical (unpaired) electrons. The monoisotopic (exact) mass is 266 g/mol. The van der Waals surface area contributed by atoms with E-state index < -0.39 is 5.60 Å². The predicted octanol–water partition coefficient (Wildman–Crippen LogP) is 2.56. The molecule has 0 saturated carbocycles. The molecule has 0 atom stereocenters. The zero-order valence-electron chi connectivity index (χ0n) is 13.0. The molecule has 0 amide bonds. The van der Waals surface area contributed by atoms with E-state index in [4.69, 9.17) is 4.74 Å². The highest BCUT2D eigenvalue weighted by molar-refractivity contribution is 5.72. The quantitative estimate of drug-likeness (QED) is 0.833. The van der Waals surface area contributed by atoms with Crippen LogP contribution in [-0.2, 0) is 22.6 Å². The zero-order valence-corrected chi connectivity index (χ0v) is 13.0. The van der Waals surface area contributed by atoms with Crippen LogP contribution < -0.4 is 5.32 Å². The average molecular weight is 266 g/mol. The standard InChI is InChI=1S/C15H26N2O2/c1-7-17-11(2)8-13(12(17)3)9-16-10-14(18)19-15(4,5)6/h8,16H,7,9-10H2,1-6H3. The second kappa shape index (κ2) is 6.24. The summed E-state index contributed by atoms with van der Waals surface area (Å²) in [7, 11) is 0. The Balaban J connectivity index is 2.48. The smallest absolute Gasteiger partial charge is 0.320 e. The van der Waals surface area contributed by atoms with Gasteiger partial charge in [0.05, 0.1) is 6.54 Å². The van der Waals surface area contributed by atoms with Crippen molar-refractivity contribution in [3.63, 3.8) is 0 Å². The molecule has 0 bridgehead atoms. The number of ether oxygens (including phenoxy) is 1. The van der Waals surface area contributed by atoms with Crippen molar-refractivity contribution in [3.8, 4) is 0 Å². The summed E-state index contributed by atoms with van der Waals surface area (Å²) in [5, 5.41) is 3.14. The Kier molecular flexibility index (Phi) is 5.18. The highest BCUT2D eigenvalue weighted by atomic mass is 16.6. The van der Waals surface area contributed by atoms with E-state index in [-0.39, 0.29) is 12.5 Å². The topological polar surface area (TPSA) is 43.3 Å². The van der Waals surface area contributed by atoms with Crippen molar-refractivity contribution in [2.75, 3.05) is 6.54 Å². The molecule has 1 aromatic rings. The van der Waals surface area contributed by atoms with Crippen LogP contribution in [0.5, 0.6) is 0 Å². The lowest BCUT2D eigenvalue weighted by molar-refractivity contribution is -0.153. The van der Waals surface area contributed by atoms with Crippen molar-refractivity contribution in [1.82, 2.24) is 9.88 Å². The van der Waals surface area contributed by atoms with Gasteiger partial charge < -0.3 is 14.6 Å². The van der Waals surface area contributed by atoms with Crippen molar-refractivity contribution in [2.45, 2.75) is 60.2 Å². The average Bonchev–Trinajstić information content (AvgIpc) is 2.51. The number of nitrogens with zero attached hydrogens (tertiary/aromatic N) is 1.